The Morgan fingerprint density at radius 1 is 1.06 bits per heavy atom. The van der Waals surface area contributed by atoms with E-state index in [1.165, 1.54) is 5.69 Å². The molecule has 2 amide bonds. The lowest BCUT2D eigenvalue weighted by atomic mass is 10.1. The summed E-state index contributed by atoms with van der Waals surface area (Å²) in [5.41, 5.74) is 3.02. The van der Waals surface area contributed by atoms with Crippen LogP contribution >= 0.6 is 0 Å². The van der Waals surface area contributed by atoms with Crippen LogP contribution < -0.4 is 10.2 Å². The van der Waals surface area contributed by atoms with E-state index in [2.05, 4.69) is 27.3 Å². The van der Waals surface area contributed by atoms with E-state index in [1.807, 2.05) is 23.1 Å². The number of hydrogen-bond acceptors (Lipinski definition) is 5. The van der Waals surface area contributed by atoms with E-state index >= 15 is 0 Å². The highest BCUT2D eigenvalue weighted by molar-refractivity contribution is 6.00. The molecule has 1 aliphatic rings. The quantitative estimate of drug-likeness (QED) is 0.663. The van der Waals surface area contributed by atoms with Gasteiger partial charge in [0.15, 0.2) is 0 Å². The summed E-state index contributed by atoms with van der Waals surface area (Å²) in [5, 5.41) is 2.78. The molecule has 0 aliphatic carbocycles. The molecule has 2 N–H and O–H groups in total. The molecule has 0 radical (unpaired) electrons. The Morgan fingerprint density at radius 2 is 1.74 bits per heavy atom. The van der Waals surface area contributed by atoms with E-state index in [9.17, 15) is 14.4 Å². The van der Waals surface area contributed by atoms with E-state index in [0.29, 0.717) is 35.6 Å². The van der Waals surface area contributed by atoms with Crippen molar-refractivity contribution in [3.8, 4) is 0 Å². The second-order valence-corrected chi connectivity index (χ2v) is 7.55. The van der Waals surface area contributed by atoms with Crippen LogP contribution in [0.4, 0.5) is 5.69 Å². The fraction of sp³-hybridized carbons (Fsp3) is 0.435. The molecule has 0 spiro atoms. The molecule has 1 aromatic heterocycles. The van der Waals surface area contributed by atoms with Crippen molar-refractivity contribution < 1.29 is 19.1 Å². The summed E-state index contributed by atoms with van der Waals surface area (Å²) in [5.74, 6) is -0.755. The van der Waals surface area contributed by atoms with Crippen LogP contribution in [0.3, 0.4) is 0 Å². The summed E-state index contributed by atoms with van der Waals surface area (Å²) in [7, 11) is 0. The maximum absolute atomic E-state index is 12.5. The number of rotatable bonds is 7. The van der Waals surface area contributed by atoms with E-state index in [0.717, 1.165) is 13.1 Å². The van der Waals surface area contributed by atoms with Crippen molar-refractivity contribution in [1.29, 1.82) is 0 Å². The van der Waals surface area contributed by atoms with Crippen molar-refractivity contribution in [3.05, 3.63) is 52.8 Å². The number of nitrogens with zero attached hydrogens (tertiary/aromatic N) is 2. The Bertz CT molecular complexity index is 931. The number of ether oxygens (including phenoxy) is 1. The molecule has 0 saturated carbocycles. The first-order valence-electron chi connectivity index (χ1n) is 10.6. The first kappa shape index (κ1) is 22.4. The van der Waals surface area contributed by atoms with Gasteiger partial charge in [0.2, 0.25) is 5.91 Å². The second-order valence-electron chi connectivity index (χ2n) is 7.55. The van der Waals surface area contributed by atoms with Crippen LogP contribution in [0.5, 0.6) is 0 Å². The third-order valence-electron chi connectivity index (χ3n) is 5.52. The molecule has 8 nitrogen and oxygen atoms in total. The zero-order chi connectivity index (χ0) is 22.4. The standard InChI is InChI=1S/C23H30N4O4/c1-4-31-23(30)20-16(2)21(25-17(20)3)22(29)24-11-10-19(28)27-14-12-26(13-15-27)18-8-6-5-7-9-18/h5-9,25H,4,10-15H2,1-3H3,(H,24,29). The average Bonchev–Trinajstić information content (AvgIpc) is 3.08. The third-order valence-corrected chi connectivity index (χ3v) is 5.52. The highest BCUT2D eigenvalue weighted by atomic mass is 16.5. The molecule has 1 aromatic carbocycles. The molecule has 1 fully saturated rings. The summed E-state index contributed by atoms with van der Waals surface area (Å²) in [6.45, 7) is 8.60. The van der Waals surface area contributed by atoms with Gasteiger partial charge in [0.1, 0.15) is 5.69 Å². The minimum atomic E-state index is -0.447. The molecule has 8 heteroatoms. The maximum atomic E-state index is 12.5. The first-order valence-corrected chi connectivity index (χ1v) is 10.6. The van der Waals surface area contributed by atoms with Crippen LogP contribution in [-0.2, 0) is 9.53 Å². The molecule has 1 saturated heterocycles. The Balaban J connectivity index is 1.47. The van der Waals surface area contributed by atoms with Crippen molar-refractivity contribution in [2.45, 2.75) is 27.2 Å². The van der Waals surface area contributed by atoms with Gasteiger partial charge in [0, 0.05) is 50.5 Å². The number of anilines is 1. The largest absolute Gasteiger partial charge is 0.462 e. The molecular weight excluding hydrogens is 396 g/mol. The van der Waals surface area contributed by atoms with Gasteiger partial charge in [-0.15, -0.1) is 0 Å². The number of aryl methyl sites for hydroxylation is 1. The van der Waals surface area contributed by atoms with E-state index in [4.69, 9.17) is 4.74 Å². The van der Waals surface area contributed by atoms with Crippen LogP contribution in [0, 0.1) is 13.8 Å². The van der Waals surface area contributed by atoms with E-state index in [1.54, 1.807) is 20.8 Å². The monoisotopic (exact) mass is 426 g/mol. The fourth-order valence-electron chi connectivity index (χ4n) is 3.87. The van der Waals surface area contributed by atoms with E-state index < -0.39 is 5.97 Å². The van der Waals surface area contributed by atoms with Crippen molar-refractivity contribution in [3.63, 3.8) is 0 Å². The molecule has 31 heavy (non-hydrogen) atoms. The number of benzene rings is 1. The molecular formula is C23H30N4O4. The molecule has 0 atom stereocenters. The smallest absolute Gasteiger partial charge is 0.340 e. The second kappa shape index (κ2) is 10.1. The zero-order valence-corrected chi connectivity index (χ0v) is 18.4. The number of nitrogens with one attached hydrogen (secondary N) is 2. The highest BCUT2D eigenvalue weighted by Crippen LogP contribution is 2.19. The molecule has 0 unspecified atom stereocenters. The Kier molecular flexibility index (Phi) is 7.33. The number of amides is 2. The molecule has 2 heterocycles. The summed E-state index contributed by atoms with van der Waals surface area (Å²) in [6, 6.07) is 10.2. The third kappa shape index (κ3) is 5.25. The van der Waals surface area contributed by atoms with Gasteiger partial charge in [0.25, 0.3) is 5.91 Å². The van der Waals surface area contributed by atoms with Crippen LogP contribution in [0.2, 0.25) is 0 Å². The maximum Gasteiger partial charge on any atom is 0.340 e. The first-order chi connectivity index (χ1) is 14.9. The van der Waals surface area contributed by atoms with Gasteiger partial charge in [0.05, 0.1) is 12.2 Å². The van der Waals surface area contributed by atoms with Gasteiger partial charge in [-0.25, -0.2) is 4.79 Å². The van der Waals surface area contributed by atoms with Crippen molar-refractivity contribution in [1.82, 2.24) is 15.2 Å². The number of para-hydroxylation sites is 1. The minimum Gasteiger partial charge on any atom is -0.462 e. The predicted molar refractivity (Wildman–Crippen MR) is 118 cm³/mol. The normalized spacial score (nSPS) is 13.8. The molecule has 2 aromatic rings. The zero-order valence-electron chi connectivity index (χ0n) is 18.4. The fourth-order valence-corrected chi connectivity index (χ4v) is 3.87. The highest BCUT2D eigenvalue weighted by Gasteiger charge is 2.24. The number of aromatic nitrogens is 1. The number of aromatic amines is 1. The number of carbonyl (C=O) groups excluding carboxylic acids is 3. The Morgan fingerprint density at radius 3 is 2.39 bits per heavy atom. The average molecular weight is 427 g/mol. The van der Waals surface area contributed by atoms with Crippen LogP contribution in [0.25, 0.3) is 0 Å². The molecule has 166 valence electrons. The summed E-state index contributed by atoms with van der Waals surface area (Å²) in [6.07, 6.45) is 0.237. The lowest BCUT2D eigenvalue weighted by Gasteiger charge is -2.36. The lowest BCUT2D eigenvalue weighted by molar-refractivity contribution is -0.131. The minimum absolute atomic E-state index is 0.0274. The SMILES string of the molecule is CCOC(=O)c1c(C)[nH]c(C(=O)NCCC(=O)N2CCN(c3ccccc3)CC2)c1C. The summed E-state index contributed by atoms with van der Waals surface area (Å²) in [4.78, 5) is 44.2. The van der Waals surface area contributed by atoms with Crippen LogP contribution in [0.15, 0.2) is 30.3 Å². The van der Waals surface area contributed by atoms with Crippen molar-refractivity contribution in [2.24, 2.45) is 0 Å². The topological polar surface area (TPSA) is 94.7 Å². The number of carbonyl (C=O) groups is 3. The van der Waals surface area contributed by atoms with Gasteiger partial charge in [-0.1, -0.05) is 18.2 Å². The molecule has 3 rings (SSSR count). The number of piperazine rings is 1. The van der Waals surface area contributed by atoms with Gasteiger partial charge < -0.3 is 24.8 Å². The Labute approximate surface area is 182 Å². The molecule has 1 aliphatic heterocycles. The lowest BCUT2D eigenvalue weighted by Crippen LogP contribution is -2.49. The van der Waals surface area contributed by atoms with Crippen molar-refractivity contribution in [2.75, 3.05) is 44.2 Å². The van der Waals surface area contributed by atoms with Crippen molar-refractivity contribution >= 4 is 23.5 Å². The summed E-state index contributed by atoms with van der Waals surface area (Å²) < 4.78 is 5.05. The Hall–Kier alpha value is -3.29. The van der Waals surface area contributed by atoms with E-state index in [-0.39, 0.29) is 31.4 Å². The van der Waals surface area contributed by atoms with Gasteiger partial charge in [-0.05, 0) is 38.5 Å². The number of hydrogen-bond donors (Lipinski definition) is 2. The molecule has 0 bridgehead atoms. The predicted octanol–water partition coefficient (Wildman–Crippen LogP) is 2.28. The van der Waals surface area contributed by atoms with Gasteiger partial charge >= 0.3 is 5.97 Å². The van der Waals surface area contributed by atoms with Gasteiger partial charge in [-0.3, -0.25) is 9.59 Å². The van der Waals surface area contributed by atoms with Crippen LogP contribution in [-0.4, -0.2) is 67.0 Å². The summed E-state index contributed by atoms with van der Waals surface area (Å²) >= 11 is 0. The number of esters is 1. The number of H-pyrrole nitrogens is 1. The van der Waals surface area contributed by atoms with Gasteiger partial charge in [-0.2, -0.15) is 0 Å². The van der Waals surface area contributed by atoms with Crippen LogP contribution in [0.1, 0.15) is 45.4 Å².